The molecule has 0 aliphatic carbocycles. The van der Waals surface area contributed by atoms with Gasteiger partial charge < -0.3 is 10.2 Å². The number of amides is 1. The number of rotatable bonds is 4. The van der Waals surface area contributed by atoms with E-state index in [2.05, 4.69) is 27.3 Å². The minimum absolute atomic E-state index is 0.138. The molecule has 130 valence electrons. The highest BCUT2D eigenvalue weighted by Crippen LogP contribution is 2.33. The number of benzene rings is 2. The zero-order valence-electron chi connectivity index (χ0n) is 14.2. The molecule has 1 aliphatic rings. The van der Waals surface area contributed by atoms with Crippen LogP contribution in [0.5, 0.6) is 0 Å². The van der Waals surface area contributed by atoms with Gasteiger partial charge in [0, 0.05) is 35.6 Å². The zero-order valence-corrected chi connectivity index (χ0v) is 14.9. The van der Waals surface area contributed by atoms with E-state index in [1.807, 2.05) is 42.5 Å². The monoisotopic (exact) mass is 363 g/mol. The summed E-state index contributed by atoms with van der Waals surface area (Å²) < 4.78 is 0. The van der Waals surface area contributed by atoms with Crippen LogP contribution in [0.2, 0.25) is 5.02 Å². The van der Waals surface area contributed by atoms with Crippen LogP contribution in [0, 0.1) is 0 Å². The minimum atomic E-state index is -0.138. The number of nitrogens with one attached hydrogen (secondary N) is 1. The first-order valence-electron chi connectivity index (χ1n) is 8.55. The Kier molecular flexibility index (Phi) is 4.59. The number of hydrogen-bond acceptors (Lipinski definition) is 3. The van der Waals surface area contributed by atoms with E-state index in [4.69, 9.17) is 11.6 Å². The van der Waals surface area contributed by atoms with Crippen molar-refractivity contribution in [1.29, 1.82) is 0 Å². The number of anilines is 2. The van der Waals surface area contributed by atoms with Crippen molar-refractivity contribution >= 4 is 29.0 Å². The van der Waals surface area contributed by atoms with Crippen LogP contribution >= 0.6 is 11.6 Å². The summed E-state index contributed by atoms with van der Waals surface area (Å²) in [5, 5.41) is 3.57. The molecule has 1 amide bonds. The first kappa shape index (κ1) is 16.6. The number of fused-ring (bicyclic) bond motifs is 1. The molecule has 5 heteroatoms. The van der Waals surface area contributed by atoms with Crippen molar-refractivity contribution in [1.82, 2.24) is 10.3 Å². The molecule has 1 N–H and O–H groups in total. The maximum Gasteiger partial charge on any atom is 0.251 e. The molecule has 0 radical (unpaired) electrons. The van der Waals surface area contributed by atoms with Gasteiger partial charge in [-0.3, -0.25) is 4.79 Å². The summed E-state index contributed by atoms with van der Waals surface area (Å²) in [6.45, 7) is 1.26. The first-order chi connectivity index (χ1) is 12.7. The fourth-order valence-electron chi connectivity index (χ4n) is 3.20. The number of hydrogen-bond donors (Lipinski definition) is 1. The molecule has 0 saturated carbocycles. The molecule has 1 aromatic heterocycles. The SMILES string of the molecule is O=C(NCc1ccccc1Cl)c1ccnc(N2CCc3ccccc32)c1. The van der Waals surface area contributed by atoms with Crippen LogP contribution in [0.15, 0.2) is 66.9 Å². The number of pyridine rings is 1. The van der Waals surface area contributed by atoms with Gasteiger partial charge >= 0.3 is 0 Å². The van der Waals surface area contributed by atoms with Crippen LogP contribution in [0.1, 0.15) is 21.5 Å². The van der Waals surface area contributed by atoms with Gasteiger partial charge in [-0.1, -0.05) is 48.0 Å². The van der Waals surface area contributed by atoms with Gasteiger partial charge in [0.15, 0.2) is 0 Å². The lowest BCUT2D eigenvalue weighted by Gasteiger charge is -2.18. The van der Waals surface area contributed by atoms with Gasteiger partial charge in [0.1, 0.15) is 5.82 Å². The van der Waals surface area contributed by atoms with Crippen molar-refractivity contribution in [2.75, 3.05) is 11.4 Å². The Morgan fingerprint density at radius 2 is 1.92 bits per heavy atom. The van der Waals surface area contributed by atoms with E-state index in [0.29, 0.717) is 17.1 Å². The maximum atomic E-state index is 12.5. The second kappa shape index (κ2) is 7.18. The van der Waals surface area contributed by atoms with Gasteiger partial charge in [0.05, 0.1) is 0 Å². The van der Waals surface area contributed by atoms with E-state index in [9.17, 15) is 4.79 Å². The Bertz CT molecular complexity index is 957. The van der Waals surface area contributed by atoms with Crippen LogP contribution in [-0.2, 0) is 13.0 Å². The average molecular weight is 364 g/mol. The van der Waals surface area contributed by atoms with E-state index in [0.717, 1.165) is 30.0 Å². The fraction of sp³-hybridized carbons (Fsp3) is 0.143. The van der Waals surface area contributed by atoms with E-state index >= 15 is 0 Å². The highest BCUT2D eigenvalue weighted by molar-refractivity contribution is 6.31. The first-order valence-corrected chi connectivity index (χ1v) is 8.93. The summed E-state index contributed by atoms with van der Waals surface area (Å²) >= 11 is 6.14. The van der Waals surface area contributed by atoms with Crippen LogP contribution in [0.4, 0.5) is 11.5 Å². The molecule has 4 nitrogen and oxygen atoms in total. The molecule has 2 aromatic carbocycles. The second-order valence-electron chi connectivity index (χ2n) is 6.21. The summed E-state index contributed by atoms with van der Waals surface area (Å²) in [6.07, 6.45) is 2.67. The number of para-hydroxylation sites is 1. The lowest BCUT2D eigenvalue weighted by molar-refractivity contribution is 0.0951. The highest BCUT2D eigenvalue weighted by Gasteiger charge is 2.21. The zero-order chi connectivity index (χ0) is 17.9. The van der Waals surface area contributed by atoms with Crippen molar-refractivity contribution in [2.24, 2.45) is 0 Å². The number of carbonyl (C=O) groups excluding carboxylic acids is 1. The van der Waals surface area contributed by atoms with Crippen molar-refractivity contribution in [3.63, 3.8) is 0 Å². The van der Waals surface area contributed by atoms with Crippen LogP contribution in [0.3, 0.4) is 0 Å². The number of aromatic nitrogens is 1. The smallest absolute Gasteiger partial charge is 0.251 e. The summed E-state index contributed by atoms with van der Waals surface area (Å²) in [7, 11) is 0. The predicted molar refractivity (Wildman–Crippen MR) is 104 cm³/mol. The number of nitrogens with zero attached hydrogens (tertiary/aromatic N) is 2. The molecular formula is C21H18ClN3O. The van der Waals surface area contributed by atoms with E-state index in [1.165, 1.54) is 5.56 Å². The molecule has 0 saturated heterocycles. The lowest BCUT2D eigenvalue weighted by Crippen LogP contribution is -2.23. The van der Waals surface area contributed by atoms with Gasteiger partial charge in [0.25, 0.3) is 5.91 Å². The topological polar surface area (TPSA) is 45.2 Å². The largest absolute Gasteiger partial charge is 0.348 e. The molecule has 3 aromatic rings. The Morgan fingerprint density at radius 1 is 1.12 bits per heavy atom. The molecule has 0 unspecified atom stereocenters. The standard InChI is InChI=1S/C21H18ClN3O/c22-18-7-3-1-6-17(18)14-24-21(26)16-9-11-23-20(13-16)25-12-10-15-5-2-4-8-19(15)25/h1-9,11,13H,10,12,14H2,(H,24,26). The summed E-state index contributed by atoms with van der Waals surface area (Å²) in [6, 6.07) is 19.4. The third-order valence-corrected chi connectivity index (χ3v) is 4.94. The summed E-state index contributed by atoms with van der Waals surface area (Å²) in [4.78, 5) is 19.2. The van der Waals surface area contributed by atoms with Crippen molar-refractivity contribution in [3.05, 3.63) is 88.6 Å². The molecule has 0 fully saturated rings. The quantitative estimate of drug-likeness (QED) is 0.749. The Balaban J connectivity index is 1.51. The van der Waals surface area contributed by atoms with E-state index in [-0.39, 0.29) is 5.91 Å². The maximum absolute atomic E-state index is 12.5. The molecule has 26 heavy (non-hydrogen) atoms. The van der Waals surface area contributed by atoms with Crippen LogP contribution in [-0.4, -0.2) is 17.4 Å². The van der Waals surface area contributed by atoms with Crippen molar-refractivity contribution in [2.45, 2.75) is 13.0 Å². The number of carbonyl (C=O) groups is 1. The van der Waals surface area contributed by atoms with Gasteiger partial charge in [-0.05, 0) is 41.8 Å². The van der Waals surface area contributed by atoms with Gasteiger partial charge in [-0.15, -0.1) is 0 Å². The van der Waals surface area contributed by atoms with E-state index in [1.54, 1.807) is 12.3 Å². The molecule has 0 atom stereocenters. The third-order valence-electron chi connectivity index (χ3n) is 4.57. The molecule has 0 bridgehead atoms. The average Bonchev–Trinajstić information content (AvgIpc) is 3.11. The predicted octanol–water partition coefficient (Wildman–Crippen LogP) is 4.36. The van der Waals surface area contributed by atoms with Gasteiger partial charge in [-0.25, -0.2) is 4.98 Å². The third kappa shape index (κ3) is 3.28. The molecule has 4 rings (SSSR count). The minimum Gasteiger partial charge on any atom is -0.348 e. The Morgan fingerprint density at radius 3 is 2.81 bits per heavy atom. The Labute approximate surface area is 157 Å². The normalized spacial score (nSPS) is 12.7. The summed E-state index contributed by atoms with van der Waals surface area (Å²) in [5.74, 6) is 0.654. The molecule has 0 spiro atoms. The summed E-state index contributed by atoms with van der Waals surface area (Å²) in [5.41, 5.74) is 3.95. The van der Waals surface area contributed by atoms with Crippen molar-refractivity contribution < 1.29 is 4.79 Å². The lowest BCUT2D eigenvalue weighted by atomic mass is 10.2. The molecule has 1 aliphatic heterocycles. The Hall–Kier alpha value is -2.85. The van der Waals surface area contributed by atoms with Gasteiger partial charge in [0.2, 0.25) is 0 Å². The van der Waals surface area contributed by atoms with Crippen molar-refractivity contribution in [3.8, 4) is 0 Å². The number of halogens is 1. The van der Waals surface area contributed by atoms with E-state index < -0.39 is 0 Å². The highest BCUT2D eigenvalue weighted by atomic mass is 35.5. The molecular weight excluding hydrogens is 346 g/mol. The van der Waals surface area contributed by atoms with Crippen LogP contribution < -0.4 is 10.2 Å². The second-order valence-corrected chi connectivity index (χ2v) is 6.61. The van der Waals surface area contributed by atoms with Crippen LogP contribution in [0.25, 0.3) is 0 Å². The molecule has 2 heterocycles. The van der Waals surface area contributed by atoms with Gasteiger partial charge in [-0.2, -0.15) is 0 Å². The fourth-order valence-corrected chi connectivity index (χ4v) is 3.41.